The van der Waals surface area contributed by atoms with E-state index in [0.29, 0.717) is 17.9 Å². The standard InChI is InChI=1S/C22H25N3O2S/c1-16-13-19(27-23-16)15-28-21-8-6-5-7-20(21)22(26)25(4)14-17-9-11-18(12-10-17)24(2)3/h5-13H,14-15H2,1-4H3. The summed E-state index contributed by atoms with van der Waals surface area (Å²) in [5.41, 5.74) is 3.81. The molecule has 1 amide bonds. The Labute approximate surface area is 170 Å². The largest absolute Gasteiger partial charge is 0.378 e. The van der Waals surface area contributed by atoms with Crippen molar-refractivity contribution in [3.05, 3.63) is 77.2 Å². The van der Waals surface area contributed by atoms with E-state index < -0.39 is 0 Å². The molecule has 0 aliphatic heterocycles. The molecular weight excluding hydrogens is 370 g/mol. The number of hydrogen-bond acceptors (Lipinski definition) is 5. The van der Waals surface area contributed by atoms with Crippen LogP contribution >= 0.6 is 11.8 Å². The first kappa shape index (κ1) is 20.0. The van der Waals surface area contributed by atoms with E-state index in [4.69, 9.17) is 4.52 Å². The Morgan fingerprint density at radius 1 is 1.07 bits per heavy atom. The van der Waals surface area contributed by atoms with E-state index in [1.54, 1.807) is 16.7 Å². The van der Waals surface area contributed by atoms with E-state index in [1.807, 2.05) is 58.4 Å². The zero-order valence-corrected chi connectivity index (χ0v) is 17.5. The maximum absolute atomic E-state index is 13.0. The molecule has 0 bridgehead atoms. The third kappa shape index (κ3) is 4.95. The fraction of sp³-hybridized carbons (Fsp3) is 0.273. The summed E-state index contributed by atoms with van der Waals surface area (Å²) < 4.78 is 5.27. The number of nitrogens with zero attached hydrogens (tertiary/aromatic N) is 3. The summed E-state index contributed by atoms with van der Waals surface area (Å²) in [6.07, 6.45) is 0. The third-order valence-electron chi connectivity index (χ3n) is 4.38. The van der Waals surface area contributed by atoms with Crippen molar-refractivity contribution in [3.8, 4) is 0 Å². The van der Waals surface area contributed by atoms with Gasteiger partial charge in [0.2, 0.25) is 0 Å². The lowest BCUT2D eigenvalue weighted by Crippen LogP contribution is -2.26. The minimum Gasteiger partial charge on any atom is -0.378 e. The number of thioether (sulfide) groups is 1. The van der Waals surface area contributed by atoms with Gasteiger partial charge in [-0.2, -0.15) is 0 Å². The Bertz CT molecular complexity index is 935. The van der Waals surface area contributed by atoms with E-state index >= 15 is 0 Å². The summed E-state index contributed by atoms with van der Waals surface area (Å²) in [5, 5.41) is 3.91. The zero-order chi connectivity index (χ0) is 20.1. The molecule has 0 unspecified atom stereocenters. The topological polar surface area (TPSA) is 49.6 Å². The minimum absolute atomic E-state index is 0.00790. The van der Waals surface area contributed by atoms with Gasteiger partial charge < -0.3 is 14.3 Å². The van der Waals surface area contributed by atoms with Crippen LogP contribution in [0.15, 0.2) is 64.0 Å². The molecule has 3 aromatic rings. The van der Waals surface area contributed by atoms with Gasteiger partial charge in [-0.25, -0.2) is 0 Å². The predicted octanol–water partition coefficient (Wildman–Crippen LogP) is 4.61. The number of rotatable bonds is 7. The summed E-state index contributed by atoms with van der Waals surface area (Å²) >= 11 is 1.58. The summed E-state index contributed by atoms with van der Waals surface area (Å²) in [6, 6.07) is 17.9. The van der Waals surface area contributed by atoms with Gasteiger partial charge in [-0.15, -0.1) is 11.8 Å². The van der Waals surface area contributed by atoms with Gasteiger partial charge in [0.05, 0.1) is 17.0 Å². The molecular formula is C22H25N3O2S. The van der Waals surface area contributed by atoms with Gasteiger partial charge >= 0.3 is 0 Å². The average molecular weight is 396 g/mol. The Hall–Kier alpha value is -2.73. The van der Waals surface area contributed by atoms with Gasteiger partial charge in [0.25, 0.3) is 5.91 Å². The van der Waals surface area contributed by atoms with Gasteiger partial charge in [0.15, 0.2) is 0 Å². The lowest BCUT2D eigenvalue weighted by Gasteiger charge is -2.20. The predicted molar refractivity (Wildman–Crippen MR) is 114 cm³/mol. The van der Waals surface area contributed by atoms with Crippen LogP contribution in [-0.4, -0.2) is 37.1 Å². The van der Waals surface area contributed by atoms with Crippen LogP contribution in [0, 0.1) is 6.92 Å². The van der Waals surface area contributed by atoms with Crippen molar-refractivity contribution in [2.45, 2.75) is 24.1 Å². The molecule has 1 aromatic heterocycles. The molecule has 0 N–H and O–H groups in total. The Balaban J connectivity index is 1.69. The molecule has 0 aliphatic carbocycles. The van der Waals surface area contributed by atoms with E-state index in [9.17, 15) is 4.79 Å². The lowest BCUT2D eigenvalue weighted by atomic mass is 10.1. The molecule has 1 heterocycles. The van der Waals surface area contributed by atoms with Crippen molar-refractivity contribution < 1.29 is 9.32 Å². The molecule has 0 radical (unpaired) electrons. The lowest BCUT2D eigenvalue weighted by molar-refractivity contribution is 0.0781. The van der Waals surface area contributed by atoms with Crippen molar-refractivity contribution >= 4 is 23.4 Å². The van der Waals surface area contributed by atoms with Crippen molar-refractivity contribution in [3.63, 3.8) is 0 Å². The van der Waals surface area contributed by atoms with Crippen LogP contribution in [0.25, 0.3) is 0 Å². The van der Waals surface area contributed by atoms with Crippen molar-refractivity contribution in [1.29, 1.82) is 0 Å². The number of carbonyl (C=O) groups excluding carboxylic acids is 1. The number of amides is 1. The second kappa shape index (κ2) is 8.97. The van der Waals surface area contributed by atoms with E-state index in [-0.39, 0.29) is 5.91 Å². The highest BCUT2D eigenvalue weighted by atomic mass is 32.2. The monoisotopic (exact) mass is 395 g/mol. The van der Waals surface area contributed by atoms with Gasteiger partial charge in [0, 0.05) is 44.3 Å². The highest BCUT2D eigenvalue weighted by molar-refractivity contribution is 7.98. The van der Waals surface area contributed by atoms with Gasteiger partial charge in [0.1, 0.15) is 5.76 Å². The van der Waals surface area contributed by atoms with Crippen LogP contribution in [0.5, 0.6) is 0 Å². The maximum Gasteiger partial charge on any atom is 0.255 e. The van der Waals surface area contributed by atoms with Gasteiger partial charge in [-0.05, 0) is 36.8 Å². The van der Waals surface area contributed by atoms with Crippen molar-refractivity contribution in [1.82, 2.24) is 10.1 Å². The van der Waals surface area contributed by atoms with Gasteiger partial charge in [-0.1, -0.05) is 29.4 Å². The number of hydrogen-bond donors (Lipinski definition) is 0. The highest BCUT2D eigenvalue weighted by Gasteiger charge is 2.17. The minimum atomic E-state index is 0.00790. The number of anilines is 1. The molecule has 0 spiro atoms. The first-order valence-corrected chi connectivity index (χ1v) is 10.1. The summed E-state index contributed by atoms with van der Waals surface area (Å²) in [7, 11) is 5.86. The number of aryl methyl sites for hydroxylation is 1. The molecule has 0 atom stereocenters. The molecule has 3 rings (SSSR count). The third-order valence-corrected chi connectivity index (χ3v) is 5.48. The van der Waals surface area contributed by atoms with Gasteiger partial charge in [-0.3, -0.25) is 4.79 Å². The summed E-state index contributed by atoms with van der Waals surface area (Å²) in [5.74, 6) is 1.45. The fourth-order valence-electron chi connectivity index (χ4n) is 2.85. The molecule has 2 aromatic carbocycles. The molecule has 0 fully saturated rings. The molecule has 0 saturated heterocycles. The van der Waals surface area contributed by atoms with Crippen molar-refractivity contribution in [2.24, 2.45) is 0 Å². The quantitative estimate of drug-likeness (QED) is 0.547. The Morgan fingerprint density at radius 3 is 2.43 bits per heavy atom. The number of carbonyl (C=O) groups is 1. The maximum atomic E-state index is 13.0. The Kier molecular flexibility index (Phi) is 6.41. The second-order valence-corrected chi connectivity index (χ2v) is 7.96. The molecule has 5 nitrogen and oxygen atoms in total. The molecule has 28 heavy (non-hydrogen) atoms. The van der Waals surface area contributed by atoms with Crippen molar-refractivity contribution in [2.75, 3.05) is 26.0 Å². The van der Waals surface area contributed by atoms with Crippen LogP contribution in [0.4, 0.5) is 5.69 Å². The molecule has 6 heteroatoms. The Morgan fingerprint density at radius 2 is 1.79 bits per heavy atom. The van der Waals surface area contributed by atoms with Crippen LogP contribution in [-0.2, 0) is 12.3 Å². The van der Waals surface area contributed by atoms with E-state index in [2.05, 4.69) is 34.3 Å². The first-order chi connectivity index (χ1) is 13.4. The number of aromatic nitrogens is 1. The summed E-state index contributed by atoms with van der Waals surface area (Å²) in [4.78, 5) is 17.8. The van der Waals surface area contributed by atoms with E-state index in [0.717, 1.165) is 27.6 Å². The van der Waals surface area contributed by atoms with Crippen LogP contribution < -0.4 is 4.90 Å². The number of benzene rings is 2. The van der Waals surface area contributed by atoms with Crippen LogP contribution in [0.1, 0.15) is 27.4 Å². The average Bonchev–Trinajstić information content (AvgIpc) is 3.11. The van der Waals surface area contributed by atoms with Crippen LogP contribution in [0.2, 0.25) is 0 Å². The fourth-order valence-corrected chi connectivity index (χ4v) is 3.77. The first-order valence-electron chi connectivity index (χ1n) is 9.10. The van der Waals surface area contributed by atoms with E-state index in [1.165, 1.54) is 0 Å². The van der Waals surface area contributed by atoms with Crippen LogP contribution in [0.3, 0.4) is 0 Å². The SMILES string of the molecule is Cc1cc(CSc2ccccc2C(=O)N(C)Cc2ccc(N(C)C)cc2)on1. The molecule has 146 valence electrons. The smallest absolute Gasteiger partial charge is 0.255 e. The molecule has 0 aliphatic rings. The zero-order valence-electron chi connectivity index (χ0n) is 16.7. The highest BCUT2D eigenvalue weighted by Crippen LogP contribution is 2.27. The second-order valence-electron chi connectivity index (χ2n) is 6.94. The molecule has 0 saturated carbocycles. The normalized spacial score (nSPS) is 10.7. The summed E-state index contributed by atoms with van der Waals surface area (Å²) in [6.45, 7) is 2.46.